The molecule has 0 spiro atoms. The Labute approximate surface area is 448 Å². The van der Waals surface area contributed by atoms with E-state index in [9.17, 15) is 14.4 Å². The van der Waals surface area contributed by atoms with Crippen molar-refractivity contribution in [2.45, 2.75) is 245 Å². The molecule has 0 amide bonds. The number of carbonyl (C=O) groups excluding carboxylic acids is 3. The van der Waals surface area contributed by atoms with Crippen molar-refractivity contribution in [1.29, 1.82) is 0 Å². The predicted octanol–water partition coefficient (Wildman–Crippen LogP) is 20.0. The first-order chi connectivity index (χ1) is 36.0. The van der Waals surface area contributed by atoms with Crippen molar-refractivity contribution in [3.05, 3.63) is 146 Å². The zero-order chi connectivity index (χ0) is 52.9. The van der Waals surface area contributed by atoms with Crippen molar-refractivity contribution in [3.8, 4) is 0 Å². The highest BCUT2D eigenvalue weighted by Crippen LogP contribution is 2.13. The first-order valence-electron chi connectivity index (χ1n) is 29.3. The minimum absolute atomic E-state index is 0.109. The van der Waals surface area contributed by atoms with Crippen LogP contribution in [0, 0.1) is 0 Å². The molecule has 1 unspecified atom stereocenters. The van der Waals surface area contributed by atoms with Crippen molar-refractivity contribution < 1.29 is 28.6 Å². The molecular formula is C67H106O6. The van der Waals surface area contributed by atoms with Gasteiger partial charge in [-0.2, -0.15) is 0 Å². The molecule has 0 radical (unpaired) electrons. The highest BCUT2D eigenvalue weighted by atomic mass is 16.6. The summed E-state index contributed by atoms with van der Waals surface area (Å²) in [5.74, 6) is -0.977. The summed E-state index contributed by atoms with van der Waals surface area (Å²) in [7, 11) is 0. The molecule has 410 valence electrons. The largest absolute Gasteiger partial charge is 0.462 e. The second-order valence-electron chi connectivity index (χ2n) is 18.8. The maximum Gasteiger partial charge on any atom is 0.306 e. The number of ether oxygens (including phenoxy) is 3. The summed E-state index contributed by atoms with van der Waals surface area (Å²) in [4.78, 5) is 38.1. The van der Waals surface area contributed by atoms with Gasteiger partial charge in [0.15, 0.2) is 6.10 Å². The molecule has 1 atom stereocenters. The number of rotatable bonds is 51. The van der Waals surface area contributed by atoms with E-state index in [0.29, 0.717) is 19.3 Å². The van der Waals surface area contributed by atoms with Gasteiger partial charge in [0.25, 0.3) is 0 Å². The lowest BCUT2D eigenvalue weighted by Crippen LogP contribution is -2.30. The third-order valence-electron chi connectivity index (χ3n) is 11.8. The van der Waals surface area contributed by atoms with Gasteiger partial charge in [-0.15, -0.1) is 0 Å². The molecule has 0 N–H and O–H groups in total. The van der Waals surface area contributed by atoms with Crippen LogP contribution in [0.15, 0.2) is 146 Å². The number of hydrogen-bond donors (Lipinski definition) is 0. The molecule has 0 aromatic heterocycles. The average Bonchev–Trinajstić information content (AvgIpc) is 3.39. The van der Waals surface area contributed by atoms with Crippen LogP contribution in [-0.4, -0.2) is 37.2 Å². The van der Waals surface area contributed by atoms with E-state index in [2.05, 4.69) is 167 Å². The Hall–Kier alpha value is -4.71. The SMILES string of the molecule is CC/C=C\C/C=C\C/C=C\C/C=C\C/C=C\C/C=C\C/C=C\CCCCCCCC(=O)OCC(COC(=O)CCCCC/C=C\C/C=C\C/C=C\CC)OC(=O)CCCCCCC/C=C\C/C=C\CCCCC. The molecule has 0 fully saturated rings. The maximum absolute atomic E-state index is 12.8. The average molecular weight is 1010 g/mol. The molecule has 0 aromatic rings. The monoisotopic (exact) mass is 1010 g/mol. The molecule has 0 bridgehead atoms. The fourth-order valence-corrected chi connectivity index (χ4v) is 7.47. The summed E-state index contributed by atoms with van der Waals surface area (Å²) < 4.78 is 16.8. The molecule has 6 nitrogen and oxygen atoms in total. The van der Waals surface area contributed by atoms with Crippen LogP contribution in [0.1, 0.15) is 239 Å². The number of carbonyl (C=O) groups is 3. The molecule has 0 heterocycles. The van der Waals surface area contributed by atoms with E-state index in [1.54, 1.807) is 0 Å². The van der Waals surface area contributed by atoms with E-state index < -0.39 is 6.10 Å². The second-order valence-corrected chi connectivity index (χ2v) is 18.8. The normalized spacial score (nSPS) is 13.2. The molecule has 73 heavy (non-hydrogen) atoms. The van der Waals surface area contributed by atoms with Crippen LogP contribution < -0.4 is 0 Å². The summed E-state index contributed by atoms with van der Waals surface area (Å²) in [5, 5.41) is 0. The quantitative estimate of drug-likeness (QED) is 0.0261. The van der Waals surface area contributed by atoms with Crippen LogP contribution in [0.4, 0.5) is 0 Å². The maximum atomic E-state index is 12.8. The van der Waals surface area contributed by atoms with E-state index in [1.165, 1.54) is 25.7 Å². The molecule has 0 aliphatic rings. The van der Waals surface area contributed by atoms with Gasteiger partial charge in [0.05, 0.1) is 0 Å². The molecule has 0 saturated carbocycles. The van der Waals surface area contributed by atoms with Gasteiger partial charge in [0.2, 0.25) is 0 Å². The van der Waals surface area contributed by atoms with Crippen LogP contribution in [-0.2, 0) is 28.6 Å². The molecule has 0 aromatic carbocycles. The van der Waals surface area contributed by atoms with Crippen LogP contribution in [0.3, 0.4) is 0 Å². The highest BCUT2D eigenvalue weighted by molar-refractivity contribution is 5.71. The van der Waals surface area contributed by atoms with Crippen LogP contribution in [0.2, 0.25) is 0 Å². The third-order valence-corrected chi connectivity index (χ3v) is 11.8. The van der Waals surface area contributed by atoms with Crippen molar-refractivity contribution in [1.82, 2.24) is 0 Å². The summed E-state index contributed by atoms with van der Waals surface area (Å²) in [6, 6.07) is 0. The van der Waals surface area contributed by atoms with Crippen LogP contribution in [0.5, 0.6) is 0 Å². The Morgan fingerprint density at radius 1 is 0.288 bits per heavy atom. The first-order valence-corrected chi connectivity index (χ1v) is 29.3. The van der Waals surface area contributed by atoms with Crippen LogP contribution >= 0.6 is 0 Å². The van der Waals surface area contributed by atoms with Gasteiger partial charge in [-0.05, 0) is 141 Å². The highest BCUT2D eigenvalue weighted by Gasteiger charge is 2.19. The van der Waals surface area contributed by atoms with Crippen LogP contribution in [0.25, 0.3) is 0 Å². The van der Waals surface area contributed by atoms with Crippen molar-refractivity contribution >= 4 is 17.9 Å². The Morgan fingerprint density at radius 3 is 0.849 bits per heavy atom. The molecule has 0 aliphatic heterocycles. The van der Waals surface area contributed by atoms with E-state index in [1.807, 2.05) is 0 Å². The first kappa shape index (κ1) is 68.3. The fourth-order valence-electron chi connectivity index (χ4n) is 7.47. The van der Waals surface area contributed by atoms with Crippen molar-refractivity contribution in [2.75, 3.05) is 13.2 Å². The van der Waals surface area contributed by atoms with Crippen molar-refractivity contribution in [2.24, 2.45) is 0 Å². The lowest BCUT2D eigenvalue weighted by atomic mass is 10.1. The van der Waals surface area contributed by atoms with Gasteiger partial charge >= 0.3 is 17.9 Å². The van der Waals surface area contributed by atoms with E-state index >= 15 is 0 Å². The molecule has 0 aliphatic carbocycles. The zero-order valence-electron chi connectivity index (χ0n) is 46.8. The summed E-state index contributed by atoms with van der Waals surface area (Å²) in [6.45, 7) is 6.32. The standard InChI is InChI=1S/C67H106O6/c1-4-7-10-13-16-19-22-25-27-28-29-30-31-32-33-34-35-36-37-38-40-42-45-48-51-54-57-60-66(69)72-63-64(62-71-65(68)59-56-53-50-47-44-41-24-21-18-15-12-9-6-3)73-67(70)61-58-55-52-49-46-43-39-26-23-20-17-14-11-8-5-2/h7,9-10,12,16-21,25-27,29-30,32-33,35-36,38-41,44,64H,4-6,8,11,13-15,22-24,28,31,34,37,42-43,45-63H2,1-3H3/b10-7-,12-9-,19-16-,20-17-,21-18-,27-25-,30-29-,33-32-,36-35-,39-26-,40-38-,44-41-. The van der Waals surface area contributed by atoms with Gasteiger partial charge in [-0.25, -0.2) is 0 Å². The van der Waals surface area contributed by atoms with E-state index in [-0.39, 0.29) is 31.1 Å². The Balaban J connectivity index is 4.43. The van der Waals surface area contributed by atoms with Gasteiger partial charge in [-0.1, -0.05) is 224 Å². The lowest BCUT2D eigenvalue weighted by molar-refractivity contribution is -0.167. The minimum atomic E-state index is -0.812. The van der Waals surface area contributed by atoms with Gasteiger partial charge in [0.1, 0.15) is 13.2 Å². The Kier molecular flexibility index (Phi) is 56.0. The smallest absolute Gasteiger partial charge is 0.306 e. The van der Waals surface area contributed by atoms with E-state index in [4.69, 9.17) is 14.2 Å². The predicted molar refractivity (Wildman–Crippen MR) is 315 cm³/mol. The zero-order valence-corrected chi connectivity index (χ0v) is 46.8. The minimum Gasteiger partial charge on any atom is -0.462 e. The summed E-state index contributed by atoms with van der Waals surface area (Å²) in [6.07, 6.45) is 85.5. The number of unbranched alkanes of at least 4 members (excludes halogenated alkanes) is 16. The number of allylic oxidation sites excluding steroid dienone is 24. The summed E-state index contributed by atoms with van der Waals surface area (Å²) >= 11 is 0. The Bertz CT molecular complexity index is 1630. The van der Waals surface area contributed by atoms with E-state index in [0.717, 1.165) is 173 Å². The van der Waals surface area contributed by atoms with Gasteiger partial charge in [0, 0.05) is 19.3 Å². The van der Waals surface area contributed by atoms with Crippen molar-refractivity contribution in [3.63, 3.8) is 0 Å². The number of hydrogen-bond acceptors (Lipinski definition) is 6. The number of esters is 3. The molecular weight excluding hydrogens is 901 g/mol. The summed E-state index contributed by atoms with van der Waals surface area (Å²) in [5.41, 5.74) is 0. The topological polar surface area (TPSA) is 78.9 Å². The fraction of sp³-hybridized carbons (Fsp3) is 0.597. The second kappa shape index (κ2) is 59.8. The molecule has 6 heteroatoms. The third kappa shape index (κ3) is 58.1. The van der Waals surface area contributed by atoms with Gasteiger partial charge < -0.3 is 14.2 Å². The van der Waals surface area contributed by atoms with Gasteiger partial charge in [-0.3, -0.25) is 14.4 Å². The molecule has 0 rings (SSSR count). The molecule has 0 saturated heterocycles. The lowest BCUT2D eigenvalue weighted by Gasteiger charge is -2.18. The Morgan fingerprint density at radius 2 is 0.534 bits per heavy atom.